The van der Waals surface area contributed by atoms with Crippen LogP contribution in [0.3, 0.4) is 0 Å². The van der Waals surface area contributed by atoms with E-state index in [1.807, 2.05) is 0 Å². The van der Waals surface area contributed by atoms with E-state index in [1.54, 1.807) is 30.3 Å². The van der Waals surface area contributed by atoms with Crippen LogP contribution in [0.4, 0.5) is 0 Å². The summed E-state index contributed by atoms with van der Waals surface area (Å²) in [6, 6.07) is 8.20. The summed E-state index contributed by atoms with van der Waals surface area (Å²) < 4.78 is 5.99. The molecule has 0 saturated heterocycles. The maximum absolute atomic E-state index is 11.7. The first-order valence-electron chi connectivity index (χ1n) is 4.74. The van der Waals surface area contributed by atoms with E-state index in [4.69, 9.17) is 16.3 Å². The number of carbonyl (C=O) groups excluding carboxylic acids is 1. The van der Waals surface area contributed by atoms with Crippen LogP contribution in [0.15, 0.2) is 47.2 Å². The molecule has 0 unspecified atom stereocenters. The highest BCUT2D eigenvalue weighted by Gasteiger charge is 2.10. The van der Waals surface area contributed by atoms with Gasteiger partial charge in [0.1, 0.15) is 5.75 Å². The van der Waals surface area contributed by atoms with Crippen molar-refractivity contribution in [2.24, 2.45) is 0 Å². The number of nitrogens with zero attached hydrogens (tertiary/aromatic N) is 1. The van der Waals surface area contributed by atoms with Crippen molar-refractivity contribution in [1.29, 1.82) is 0 Å². The van der Waals surface area contributed by atoms with Gasteiger partial charge in [-0.2, -0.15) is 0 Å². The van der Waals surface area contributed by atoms with Gasteiger partial charge in [-0.15, -0.1) is 0 Å². The molecule has 17 heavy (non-hydrogen) atoms. The van der Waals surface area contributed by atoms with E-state index in [0.29, 0.717) is 16.3 Å². The second-order valence-electron chi connectivity index (χ2n) is 3.20. The predicted molar refractivity (Wildman–Crippen MR) is 68.3 cm³/mol. The number of esters is 1. The molecule has 0 aliphatic rings. The highest BCUT2D eigenvalue weighted by atomic mass is 79.9. The van der Waals surface area contributed by atoms with Gasteiger partial charge in [-0.3, -0.25) is 4.98 Å². The minimum absolute atomic E-state index is 0.330. The summed E-state index contributed by atoms with van der Waals surface area (Å²) in [5.41, 5.74) is 0.430. The zero-order valence-corrected chi connectivity index (χ0v) is 10.9. The molecule has 2 aromatic rings. The van der Waals surface area contributed by atoms with Crippen molar-refractivity contribution in [2.75, 3.05) is 0 Å². The van der Waals surface area contributed by atoms with Crippen molar-refractivity contribution in [3.8, 4) is 5.75 Å². The number of aromatic nitrogens is 1. The molecule has 0 aliphatic carbocycles. The first-order valence-corrected chi connectivity index (χ1v) is 5.91. The topological polar surface area (TPSA) is 39.2 Å². The fourth-order valence-corrected chi connectivity index (χ4v) is 1.92. The second-order valence-corrected chi connectivity index (χ2v) is 4.52. The van der Waals surface area contributed by atoms with E-state index in [1.165, 1.54) is 12.4 Å². The van der Waals surface area contributed by atoms with Crippen molar-refractivity contribution < 1.29 is 9.53 Å². The molecular formula is C12H7BrClNO2. The number of carbonyl (C=O) groups is 1. The molecule has 1 aromatic carbocycles. The molecule has 0 amide bonds. The van der Waals surface area contributed by atoms with Gasteiger partial charge in [0.2, 0.25) is 0 Å². The van der Waals surface area contributed by atoms with Crippen molar-refractivity contribution in [3.63, 3.8) is 0 Å². The van der Waals surface area contributed by atoms with Crippen LogP contribution in [0.5, 0.6) is 5.75 Å². The number of pyridine rings is 1. The van der Waals surface area contributed by atoms with E-state index in [2.05, 4.69) is 20.9 Å². The lowest BCUT2D eigenvalue weighted by Gasteiger charge is -2.06. The SMILES string of the molecule is O=C(Oc1ccc(Br)cc1Cl)c1ccncc1. The third kappa shape index (κ3) is 3.05. The highest BCUT2D eigenvalue weighted by molar-refractivity contribution is 9.10. The minimum Gasteiger partial charge on any atom is -0.421 e. The van der Waals surface area contributed by atoms with Crippen LogP contribution in [0.1, 0.15) is 10.4 Å². The summed E-state index contributed by atoms with van der Waals surface area (Å²) >= 11 is 9.22. The Morgan fingerprint density at radius 1 is 1.24 bits per heavy atom. The molecule has 2 rings (SSSR count). The quantitative estimate of drug-likeness (QED) is 0.627. The van der Waals surface area contributed by atoms with Crippen molar-refractivity contribution in [2.45, 2.75) is 0 Å². The Balaban J connectivity index is 2.19. The first kappa shape index (κ1) is 12.1. The van der Waals surface area contributed by atoms with Crippen LogP contribution in [0, 0.1) is 0 Å². The molecule has 0 atom stereocenters. The Morgan fingerprint density at radius 3 is 2.59 bits per heavy atom. The smallest absolute Gasteiger partial charge is 0.343 e. The van der Waals surface area contributed by atoms with Gasteiger partial charge in [0, 0.05) is 16.9 Å². The fourth-order valence-electron chi connectivity index (χ4n) is 1.20. The van der Waals surface area contributed by atoms with E-state index >= 15 is 0 Å². The van der Waals surface area contributed by atoms with Gasteiger partial charge in [-0.05, 0) is 30.3 Å². The summed E-state index contributed by atoms with van der Waals surface area (Å²) in [4.78, 5) is 15.6. The maximum atomic E-state index is 11.7. The third-order valence-electron chi connectivity index (χ3n) is 2.01. The molecular weight excluding hydrogens is 305 g/mol. The van der Waals surface area contributed by atoms with Gasteiger partial charge in [0.25, 0.3) is 0 Å². The van der Waals surface area contributed by atoms with Gasteiger partial charge in [-0.1, -0.05) is 27.5 Å². The average molecular weight is 313 g/mol. The van der Waals surface area contributed by atoms with Gasteiger partial charge in [-0.25, -0.2) is 4.79 Å². The molecule has 0 saturated carbocycles. The largest absolute Gasteiger partial charge is 0.421 e. The second kappa shape index (κ2) is 5.29. The molecule has 0 aliphatic heterocycles. The lowest BCUT2D eigenvalue weighted by molar-refractivity contribution is 0.0734. The van der Waals surface area contributed by atoms with Crippen LogP contribution in [0.2, 0.25) is 5.02 Å². The van der Waals surface area contributed by atoms with Crippen LogP contribution in [-0.2, 0) is 0 Å². The van der Waals surface area contributed by atoms with E-state index < -0.39 is 5.97 Å². The van der Waals surface area contributed by atoms with E-state index in [9.17, 15) is 4.79 Å². The lowest BCUT2D eigenvalue weighted by atomic mass is 10.3. The molecule has 0 N–H and O–H groups in total. The Labute approximate surface area is 112 Å². The summed E-state index contributed by atoms with van der Waals surface area (Å²) in [7, 11) is 0. The van der Waals surface area contributed by atoms with Gasteiger partial charge in [0.15, 0.2) is 0 Å². The number of rotatable bonds is 2. The third-order valence-corrected chi connectivity index (χ3v) is 2.80. The molecule has 0 spiro atoms. The molecule has 0 radical (unpaired) electrons. The summed E-state index contributed by atoms with van der Waals surface area (Å²) in [5.74, 6) is -0.131. The summed E-state index contributed by atoms with van der Waals surface area (Å²) in [6.45, 7) is 0. The zero-order valence-electron chi connectivity index (χ0n) is 8.56. The molecule has 1 heterocycles. The zero-order chi connectivity index (χ0) is 12.3. The van der Waals surface area contributed by atoms with Gasteiger partial charge >= 0.3 is 5.97 Å². The Bertz CT molecular complexity index is 545. The Morgan fingerprint density at radius 2 is 1.94 bits per heavy atom. The Kier molecular flexibility index (Phi) is 3.76. The Hall–Kier alpha value is -1.39. The fraction of sp³-hybridized carbons (Fsp3) is 0. The summed E-state index contributed by atoms with van der Waals surface area (Å²) in [6.07, 6.45) is 3.06. The number of halogens is 2. The van der Waals surface area contributed by atoms with Crippen LogP contribution < -0.4 is 4.74 Å². The summed E-state index contributed by atoms with van der Waals surface area (Å²) in [5, 5.41) is 0.377. The molecule has 5 heteroatoms. The van der Waals surface area contributed by atoms with Crippen molar-refractivity contribution in [3.05, 3.63) is 57.8 Å². The number of hydrogen-bond acceptors (Lipinski definition) is 3. The monoisotopic (exact) mass is 311 g/mol. The van der Waals surface area contributed by atoms with Crippen LogP contribution >= 0.6 is 27.5 Å². The highest BCUT2D eigenvalue weighted by Crippen LogP contribution is 2.28. The van der Waals surface area contributed by atoms with E-state index in [-0.39, 0.29) is 0 Å². The molecule has 0 fully saturated rings. The number of ether oxygens (including phenoxy) is 1. The van der Waals surface area contributed by atoms with E-state index in [0.717, 1.165) is 4.47 Å². The normalized spacial score (nSPS) is 10.0. The first-order chi connectivity index (χ1) is 8.16. The number of hydrogen-bond donors (Lipinski definition) is 0. The molecule has 3 nitrogen and oxygen atoms in total. The lowest BCUT2D eigenvalue weighted by Crippen LogP contribution is -2.08. The maximum Gasteiger partial charge on any atom is 0.343 e. The van der Waals surface area contributed by atoms with Crippen molar-refractivity contribution in [1.82, 2.24) is 4.98 Å². The molecule has 1 aromatic heterocycles. The minimum atomic E-state index is -0.461. The molecule has 86 valence electrons. The van der Waals surface area contributed by atoms with Crippen LogP contribution in [-0.4, -0.2) is 11.0 Å². The van der Waals surface area contributed by atoms with Crippen LogP contribution in [0.25, 0.3) is 0 Å². The average Bonchev–Trinajstić information content (AvgIpc) is 2.34. The van der Waals surface area contributed by atoms with Crippen molar-refractivity contribution >= 4 is 33.5 Å². The standard InChI is InChI=1S/C12H7BrClNO2/c13-9-1-2-11(10(14)7-9)17-12(16)8-3-5-15-6-4-8/h1-7H. The molecule has 0 bridgehead atoms. The van der Waals surface area contributed by atoms with Gasteiger partial charge < -0.3 is 4.74 Å². The number of benzene rings is 1. The van der Waals surface area contributed by atoms with Gasteiger partial charge in [0.05, 0.1) is 10.6 Å². The predicted octanol–water partition coefficient (Wildman–Crippen LogP) is 3.72.